The highest BCUT2D eigenvalue weighted by Gasteiger charge is 2.52. The third-order valence-corrected chi connectivity index (χ3v) is 3.51. The smallest absolute Gasteiger partial charge is 0.245 e. The van der Waals surface area contributed by atoms with Crippen LogP contribution in [0.5, 0.6) is 0 Å². The molecule has 0 unspecified atom stereocenters. The van der Waals surface area contributed by atoms with Crippen molar-refractivity contribution >= 4 is 12.4 Å². The standard InChI is InChI=1S/C10H18F2N2.ClH/c1-8-6-13-4-5-14(8)7-10(2-3-10)9(11)12;/h8-9,13H,2-7H2,1H3;1H/t8-;/m0./s1. The van der Waals surface area contributed by atoms with E-state index in [9.17, 15) is 8.78 Å². The fourth-order valence-electron chi connectivity index (χ4n) is 2.13. The molecule has 0 aromatic carbocycles. The summed E-state index contributed by atoms with van der Waals surface area (Å²) in [5.74, 6) is 0. The van der Waals surface area contributed by atoms with Crippen LogP contribution in [0.2, 0.25) is 0 Å². The van der Waals surface area contributed by atoms with Gasteiger partial charge in [-0.25, -0.2) is 8.78 Å². The van der Waals surface area contributed by atoms with Crippen LogP contribution in [-0.2, 0) is 0 Å². The van der Waals surface area contributed by atoms with E-state index in [2.05, 4.69) is 17.1 Å². The van der Waals surface area contributed by atoms with Gasteiger partial charge in [0.05, 0.1) is 0 Å². The van der Waals surface area contributed by atoms with Crippen molar-refractivity contribution in [2.45, 2.75) is 32.2 Å². The summed E-state index contributed by atoms with van der Waals surface area (Å²) in [5, 5.41) is 3.27. The lowest BCUT2D eigenvalue weighted by atomic mass is 10.1. The summed E-state index contributed by atoms with van der Waals surface area (Å²) >= 11 is 0. The summed E-state index contributed by atoms with van der Waals surface area (Å²) in [4.78, 5) is 2.20. The first-order chi connectivity index (χ1) is 6.64. The van der Waals surface area contributed by atoms with Crippen LogP contribution in [0.25, 0.3) is 0 Å². The molecule has 0 bridgehead atoms. The van der Waals surface area contributed by atoms with Gasteiger partial charge in [-0.15, -0.1) is 12.4 Å². The van der Waals surface area contributed by atoms with Crippen molar-refractivity contribution in [1.82, 2.24) is 10.2 Å². The Balaban J connectivity index is 0.00000112. The van der Waals surface area contributed by atoms with Gasteiger partial charge in [0.2, 0.25) is 6.43 Å². The summed E-state index contributed by atoms with van der Waals surface area (Å²) < 4.78 is 25.4. The Bertz CT molecular complexity index is 210. The Morgan fingerprint density at radius 1 is 1.47 bits per heavy atom. The van der Waals surface area contributed by atoms with Crippen molar-refractivity contribution in [3.8, 4) is 0 Å². The maximum atomic E-state index is 12.7. The quantitative estimate of drug-likeness (QED) is 0.809. The Labute approximate surface area is 95.8 Å². The number of alkyl halides is 2. The van der Waals surface area contributed by atoms with Crippen molar-refractivity contribution < 1.29 is 8.78 Å². The molecular formula is C10H19ClF2N2. The molecule has 2 nitrogen and oxygen atoms in total. The maximum Gasteiger partial charge on any atom is 0.245 e. The van der Waals surface area contributed by atoms with Crippen LogP contribution in [0.4, 0.5) is 8.78 Å². The summed E-state index contributed by atoms with van der Waals surface area (Å²) in [6, 6.07) is 0.403. The molecule has 0 aromatic heterocycles. The van der Waals surface area contributed by atoms with E-state index in [0.717, 1.165) is 19.6 Å². The molecule has 0 aromatic rings. The predicted octanol–water partition coefficient (Wildman–Crippen LogP) is 1.75. The van der Waals surface area contributed by atoms with Gasteiger partial charge in [0, 0.05) is 37.6 Å². The third kappa shape index (κ3) is 2.80. The molecule has 1 N–H and O–H groups in total. The number of nitrogens with zero attached hydrogens (tertiary/aromatic N) is 1. The lowest BCUT2D eigenvalue weighted by Gasteiger charge is -2.36. The molecule has 2 aliphatic rings. The number of rotatable bonds is 3. The molecule has 0 spiro atoms. The average Bonchev–Trinajstić information content (AvgIpc) is 2.90. The van der Waals surface area contributed by atoms with Crippen LogP contribution < -0.4 is 5.32 Å². The number of halogens is 3. The lowest BCUT2D eigenvalue weighted by molar-refractivity contribution is 0.0230. The van der Waals surface area contributed by atoms with Crippen molar-refractivity contribution in [2.24, 2.45) is 5.41 Å². The highest BCUT2D eigenvalue weighted by molar-refractivity contribution is 5.85. The lowest BCUT2D eigenvalue weighted by Crippen LogP contribution is -2.52. The van der Waals surface area contributed by atoms with E-state index < -0.39 is 11.8 Å². The second-order valence-electron chi connectivity index (χ2n) is 4.69. The van der Waals surface area contributed by atoms with Crippen molar-refractivity contribution in [3.05, 3.63) is 0 Å². The number of hydrogen-bond acceptors (Lipinski definition) is 2. The molecule has 15 heavy (non-hydrogen) atoms. The molecule has 1 atom stereocenters. The van der Waals surface area contributed by atoms with E-state index in [1.165, 1.54) is 0 Å². The van der Waals surface area contributed by atoms with Gasteiger partial charge < -0.3 is 5.32 Å². The molecule has 1 aliphatic carbocycles. The van der Waals surface area contributed by atoms with Crippen LogP contribution in [0.15, 0.2) is 0 Å². The molecule has 1 saturated carbocycles. The molecule has 0 radical (unpaired) electrons. The van der Waals surface area contributed by atoms with Gasteiger partial charge in [0.15, 0.2) is 0 Å². The first-order valence-electron chi connectivity index (χ1n) is 5.37. The first-order valence-corrected chi connectivity index (χ1v) is 5.37. The number of piperazine rings is 1. The number of hydrogen-bond donors (Lipinski definition) is 1. The average molecular weight is 241 g/mol. The summed E-state index contributed by atoms with van der Waals surface area (Å²) in [6.45, 7) is 5.47. The molecule has 2 rings (SSSR count). The fourth-order valence-corrected chi connectivity index (χ4v) is 2.13. The van der Waals surface area contributed by atoms with Gasteiger partial charge in [0.1, 0.15) is 0 Å². The van der Waals surface area contributed by atoms with Crippen LogP contribution in [0, 0.1) is 5.41 Å². The van der Waals surface area contributed by atoms with Crippen LogP contribution in [0.1, 0.15) is 19.8 Å². The summed E-state index contributed by atoms with van der Waals surface area (Å²) in [7, 11) is 0. The zero-order chi connectivity index (χ0) is 10.2. The van der Waals surface area contributed by atoms with Gasteiger partial charge >= 0.3 is 0 Å². The molecule has 1 aliphatic heterocycles. The number of nitrogens with one attached hydrogen (secondary N) is 1. The van der Waals surface area contributed by atoms with Gasteiger partial charge in [-0.3, -0.25) is 4.90 Å². The Morgan fingerprint density at radius 2 is 2.13 bits per heavy atom. The second-order valence-corrected chi connectivity index (χ2v) is 4.69. The van der Waals surface area contributed by atoms with Gasteiger partial charge in [0.25, 0.3) is 0 Å². The van der Waals surface area contributed by atoms with E-state index in [1.807, 2.05) is 0 Å². The maximum absolute atomic E-state index is 12.7. The second kappa shape index (κ2) is 4.93. The van der Waals surface area contributed by atoms with Crippen molar-refractivity contribution in [3.63, 3.8) is 0 Å². The van der Waals surface area contributed by atoms with E-state index in [4.69, 9.17) is 0 Å². The first kappa shape index (κ1) is 13.1. The van der Waals surface area contributed by atoms with E-state index in [0.29, 0.717) is 25.4 Å². The normalized spacial score (nSPS) is 30.0. The highest BCUT2D eigenvalue weighted by Crippen LogP contribution is 2.51. The molecule has 1 heterocycles. The van der Waals surface area contributed by atoms with Gasteiger partial charge in [-0.05, 0) is 19.8 Å². The summed E-state index contributed by atoms with van der Waals surface area (Å²) in [5.41, 5.74) is -0.647. The van der Waals surface area contributed by atoms with Crippen LogP contribution >= 0.6 is 12.4 Å². The van der Waals surface area contributed by atoms with E-state index >= 15 is 0 Å². The highest BCUT2D eigenvalue weighted by atomic mass is 35.5. The minimum absolute atomic E-state index is 0. The van der Waals surface area contributed by atoms with Crippen LogP contribution in [-0.4, -0.2) is 43.5 Å². The van der Waals surface area contributed by atoms with Crippen molar-refractivity contribution in [1.29, 1.82) is 0 Å². The minimum Gasteiger partial charge on any atom is -0.314 e. The Hall–Kier alpha value is 0.0700. The zero-order valence-corrected chi connectivity index (χ0v) is 9.83. The molecule has 2 fully saturated rings. The Morgan fingerprint density at radius 3 is 2.60 bits per heavy atom. The third-order valence-electron chi connectivity index (χ3n) is 3.51. The molecule has 0 amide bonds. The van der Waals surface area contributed by atoms with Crippen LogP contribution in [0.3, 0.4) is 0 Å². The zero-order valence-electron chi connectivity index (χ0n) is 9.01. The Kier molecular flexibility index (Phi) is 4.32. The topological polar surface area (TPSA) is 15.3 Å². The van der Waals surface area contributed by atoms with E-state index in [-0.39, 0.29) is 12.4 Å². The molecular weight excluding hydrogens is 222 g/mol. The fraction of sp³-hybridized carbons (Fsp3) is 1.00. The largest absolute Gasteiger partial charge is 0.314 e. The minimum atomic E-state index is -2.13. The predicted molar refractivity (Wildman–Crippen MR) is 58.8 cm³/mol. The SMILES string of the molecule is C[C@H]1CNCCN1CC1(C(F)F)CC1.Cl. The molecule has 5 heteroatoms. The molecule has 1 saturated heterocycles. The van der Waals surface area contributed by atoms with Crippen molar-refractivity contribution in [2.75, 3.05) is 26.2 Å². The van der Waals surface area contributed by atoms with Gasteiger partial charge in [-0.2, -0.15) is 0 Å². The molecule has 90 valence electrons. The summed E-state index contributed by atoms with van der Waals surface area (Å²) in [6.07, 6.45) is -0.715. The monoisotopic (exact) mass is 240 g/mol. The van der Waals surface area contributed by atoms with E-state index in [1.54, 1.807) is 0 Å². The van der Waals surface area contributed by atoms with Gasteiger partial charge in [-0.1, -0.05) is 0 Å².